The molecule has 0 spiro atoms. The van der Waals surface area contributed by atoms with Crippen molar-refractivity contribution in [2.75, 3.05) is 6.16 Å². The first-order valence-electron chi connectivity index (χ1n) is 5.01. The van der Waals surface area contributed by atoms with Crippen LogP contribution < -0.4 is 5.30 Å². The summed E-state index contributed by atoms with van der Waals surface area (Å²) in [5.74, 6) is 1.75. The average Bonchev–Trinajstić information content (AvgIpc) is 2.38. The molecule has 0 saturated carbocycles. The summed E-state index contributed by atoms with van der Waals surface area (Å²) in [6, 6.07) is 9.40. The Labute approximate surface area is 90.0 Å². The summed E-state index contributed by atoms with van der Waals surface area (Å²) in [6.07, 6.45) is 0.329. The van der Waals surface area contributed by atoms with Crippen molar-refractivity contribution < 1.29 is 9.67 Å². The van der Waals surface area contributed by atoms with E-state index in [4.69, 9.17) is 0 Å². The van der Waals surface area contributed by atoms with Crippen molar-refractivity contribution in [1.82, 2.24) is 0 Å². The Morgan fingerprint density at radius 1 is 1.33 bits per heavy atom. The number of rotatable bonds is 1. The summed E-state index contributed by atoms with van der Waals surface area (Å²) in [7, 11) is -2.51. The predicted molar refractivity (Wildman–Crippen MR) is 62.9 cm³/mol. The number of hydrogen-bond donors (Lipinski definition) is 1. The van der Waals surface area contributed by atoms with Gasteiger partial charge in [-0.05, 0) is 25.2 Å². The summed E-state index contributed by atoms with van der Waals surface area (Å²) in [5, 5.41) is 10.9. The highest BCUT2D eigenvalue weighted by molar-refractivity contribution is 7.75. The molecule has 1 aromatic rings. The molecule has 1 heterocycles. The molecule has 2 unspecified atom stereocenters. The second kappa shape index (κ2) is 3.33. The summed E-state index contributed by atoms with van der Waals surface area (Å²) in [5.41, 5.74) is -0.0968. The minimum Gasteiger partial charge on any atom is -0.385 e. The van der Waals surface area contributed by atoms with E-state index in [1.54, 1.807) is 12.7 Å². The van der Waals surface area contributed by atoms with Gasteiger partial charge in [0.2, 0.25) is 0 Å². The molecule has 2 rings (SSSR count). The molecule has 0 amide bonds. The van der Waals surface area contributed by atoms with Gasteiger partial charge in [-0.1, -0.05) is 30.3 Å². The minimum absolute atomic E-state index is 0.329. The average molecular weight is 222 g/mol. The van der Waals surface area contributed by atoms with Gasteiger partial charge in [0.25, 0.3) is 0 Å². The van der Waals surface area contributed by atoms with E-state index in [1.165, 1.54) is 0 Å². The lowest BCUT2D eigenvalue weighted by atomic mass is 10.0. The zero-order valence-corrected chi connectivity index (χ0v) is 9.87. The SMILES string of the molecule is CC1=CP(=O)(c2ccccc2)CC1(C)O. The monoisotopic (exact) mass is 222 g/mol. The van der Waals surface area contributed by atoms with Gasteiger partial charge in [-0.3, -0.25) is 0 Å². The molecule has 0 saturated heterocycles. The van der Waals surface area contributed by atoms with Gasteiger partial charge in [0.1, 0.15) is 7.14 Å². The summed E-state index contributed by atoms with van der Waals surface area (Å²) in [6.45, 7) is 3.56. The molecule has 1 aliphatic rings. The van der Waals surface area contributed by atoms with Crippen LogP contribution in [0.4, 0.5) is 0 Å². The van der Waals surface area contributed by atoms with Gasteiger partial charge in [0.05, 0.1) is 5.60 Å². The summed E-state index contributed by atoms with van der Waals surface area (Å²) < 4.78 is 12.6. The highest BCUT2D eigenvalue weighted by Crippen LogP contribution is 2.56. The first kappa shape index (κ1) is 10.7. The molecule has 1 aliphatic heterocycles. The van der Waals surface area contributed by atoms with Gasteiger partial charge in [-0.2, -0.15) is 0 Å². The largest absolute Gasteiger partial charge is 0.385 e. The maximum atomic E-state index is 12.6. The lowest BCUT2D eigenvalue weighted by Crippen LogP contribution is -2.27. The lowest BCUT2D eigenvalue weighted by Gasteiger charge is -2.19. The number of aliphatic hydroxyl groups is 1. The summed E-state index contributed by atoms with van der Waals surface area (Å²) >= 11 is 0. The van der Waals surface area contributed by atoms with Crippen LogP contribution in [-0.2, 0) is 4.57 Å². The Balaban J connectivity index is 2.45. The van der Waals surface area contributed by atoms with Crippen molar-refractivity contribution in [1.29, 1.82) is 0 Å². The molecular weight excluding hydrogens is 207 g/mol. The van der Waals surface area contributed by atoms with Gasteiger partial charge in [-0.15, -0.1) is 0 Å². The Morgan fingerprint density at radius 2 is 1.93 bits per heavy atom. The van der Waals surface area contributed by atoms with Crippen LogP contribution in [0.25, 0.3) is 0 Å². The Morgan fingerprint density at radius 3 is 2.40 bits per heavy atom. The summed E-state index contributed by atoms with van der Waals surface area (Å²) in [4.78, 5) is 0. The second-order valence-corrected chi connectivity index (χ2v) is 7.06. The molecule has 0 bridgehead atoms. The molecule has 2 nitrogen and oxygen atoms in total. The van der Waals surface area contributed by atoms with Crippen molar-refractivity contribution in [3.8, 4) is 0 Å². The molecule has 3 heteroatoms. The van der Waals surface area contributed by atoms with E-state index in [1.807, 2.05) is 37.3 Å². The first-order valence-corrected chi connectivity index (χ1v) is 6.97. The van der Waals surface area contributed by atoms with Crippen LogP contribution in [0.15, 0.2) is 41.7 Å². The van der Waals surface area contributed by atoms with Crippen LogP contribution in [0.1, 0.15) is 13.8 Å². The van der Waals surface area contributed by atoms with E-state index >= 15 is 0 Å². The number of benzene rings is 1. The fourth-order valence-corrected chi connectivity index (χ4v) is 5.09. The van der Waals surface area contributed by atoms with Crippen LogP contribution in [-0.4, -0.2) is 16.9 Å². The lowest BCUT2D eigenvalue weighted by molar-refractivity contribution is 0.126. The molecule has 80 valence electrons. The fraction of sp³-hybridized carbons (Fsp3) is 0.333. The Kier molecular flexibility index (Phi) is 2.37. The third-order valence-corrected chi connectivity index (χ3v) is 6.05. The second-order valence-electron chi connectivity index (χ2n) is 4.38. The maximum Gasteiger partial charge on any atom is 0.139 e. The van der Waals surface area contributed by atoms with Crippen molar-refractivity contribution in [3.05, 3.63) is 41.7 Å². The molecular formula is C12H15O2P. The molecule has 1 N–H and O–H groups in total. The zero-order chi connectivity index (χ0) is 11.1. The highest BCUT2D eigenvalue weighted by atomic mass is 31.2. The smallest absolute Gasteiger partial charge is 0.139 e. The van der Waals surface area contributed by atoms with E-state index in [9.17, 15) is 9.67 Å². The van der Waals surface area contributed by atoms with Crippen LogP contribution >= 0.6 is 7.14 Å². The topological polar surface area (TPSA) is 37.3 Å². The maximum absolute atomic E-state index is 12.6. The van der Waals surface area contributed by atoms with Gasteiger partial charge >= 0.3 is 0 Å². The van der Waals surface area contributed by atoms with Crippen LogP contribution in [0.2, 0.25) is 0 Å². The van der Waals surface area contributed by atoms with E-state index in [0.29, 0.717) is 6.16 Å². The third kappa shape index (κ3) is 1.80. The van der Waals surface area contributed by atoms with E-state index in [2.05, 4.69) is 0 Å². The Bertz CT molecular complexity index is 446. The van der Waals surface area contributed by atoms with Gasteiger partial charge < -0.3 is 9.67 Å². The van der Waals surface area contributed by atoms with Gasteiger partial charge in [0, 0.05) is 11.5 Å². The van der Waals surface area contributed by atoms with Gasteiger partial charge in [-0.25, -0.2) is 0 Å². The molecule has 0 aromatic heterocycles. The molecule has 2 atom stereocenters. The van der Waals surface area contributed by atoms with Crippen LogP contribution in [0.5, 0.6) is 0 Å². The quantitative estimate of drug-likeness (QED) is 0.740. The molecule has 15 heavy (non-hydrogen) atoms. The molecule has 0 radical (unpaired) electrons. The van der Waals surface area contributed by atoms with Crippen molar-refractivity contribution in [2.45, 2.75) is 19.4 Å². The van der Waals surface area contributed by atoms with Crippen molar-refractivity contribution in [3.63, 3.8) is 0 Å². The zero-order valence-electron chi connectivity index (χ0n) is 8.97. The van der Waals surface area contributed by atoms with Crippen molar-refractivity contribution >= 4 is 12.4 Å². The normalized spacial score (nSPS) is 35.3. The molecule has 1 aromatic carbocycles. The number of hydrogen-bond acceptors (Lipinski definition) is 2. The molecule has 0 fully saturated rings. The van der Waals surface area contributed by atoms with Crippen LogP contribution in [0.3, 0.4) is 0 Å². The highest BCUT2D eigenvalue weighted by Gasteiger charge is 2.40. The van der Waals surface area contributed by atoms with E-state index < -0.39 is 12.7 Å². The van der Waals surface area contributed by atoms with Crippen molar-refractivity contribution in [2.24, 2.45) is 0 Å². The standard InChI is InChI=1S/C12H15O2P/c1-10-8-15(14,9-12(10,2)13)11-6-4-3-5-7-11/h3-8,13H,9H2,1-2H3. The minimum atomic E-state index is -2.51. The van der Waals surface area contributed by atoms with Gasteiger partial charge in [0.15, 0.2) is 0 Å². The molecule has 0 aliphatic carbocycles. The van der Waals surface area contributed by atoms with E-state index in [-0.39, 0.29) is 0 Å². The first-order chi connectivity index (χ1) is 6.94. The predicted octanol–water partition coefficient (Wildman–Crippen LogP) is 2.34. The van der Waals surface area contributed by atoms with E-state index in [0.717, 1.165) is 10.9 Å². The van der Waals surface area contributed by atoms with Crippen LogP contribution in [0, 0.1) is 0 Å². The fourth-order valence-electron chi connectivity index (χ4n) is 1.93. The third-order valence-electron chi connectivity index (χ3n) is 2.99. The Hall–Kier alpha value is -0.850.